The van der Waals surface area contributed by atoms with E-state index in [4.69, 9.17) is 11.6 Å². The van der Waals surface area contributed by atoms with Crippen LogP contribution in [0.5, 0.6) is 0 Å². The quantitative estimate of drug-likeness (QED) is 0.922. The maximum absolute atomic E-state index is 11.9. The third-order valence-corrected chi connectivity index (χ3v) is 4.33. The minimum Gasteiger partial charge on any atom is -0.321 e. The molecule has 1 amide bonds. The Bertz CT molecular complexity index is 424. The third kappa shape index (κ3) is 2.99. The summed E-state index contributed by atoms with van der Waals surface area (Å²) in [5.41, 5.74) is 1.08. The summed E-state index contributed by atoms with van der Waals surface area (Å²) >= 11 is 7.66. The van der Waals surface area contributed by atoms with E-state index in [-0.39, 0.29) is 12.1 Å². The van der Waals surface area contributed by atoms with E-state index >= 15 is 0 Å². The molecule has 1 saturated heterocycles. The summed E-state index contributed by atoms with van der Waals surface area (Å²) in [6.45, 7) is 3.31. The van der Waals surface area contributed by atoms with Crippen LogP contribution in [0.1, 0.15) is 18.7 Å². The number of thioether (sulfide) groups is 1. The Balaban J connectivity index is 2.15. The van der Waals surface area contributed by atoms with Crippen molar-refractivity contribution in [3.63, 3.8) is 0 Å². The lowest BCUT2D eigenvalue weighted by Crippen LogP contribution is -2.34. The first kappa shape index (κ1) is 13.7. The summed E-state index contributed by atoms with van der Waals surface area (Å²) in [6, 6.07) is 7.65. The van der Waals surface area contributed by atoms with E-state index in [1.54, 1.807) is 11.8 Å². The van der Waals surface area contributed by atoms with Gasteiger partial charge in [0, 0.05) is 16.8 Å². The highest BCUT2D eigenvalue weighted by Gasteiger charge is 2.32. The number of carbonyl (C=O) groups excluding carboxylic acids is 1. The molecule has 0 bridgehead atoms. The van der Waals surface area contributed by atoms with Gasteiger partial charge in [0.2, 0.25) is 5.91 Å². The van der Waals surface area contributed by atoms with Crippen LogP contribution in [-0.2, 0) is 4.79 Å². The lowest BCUT2D eigenvalue weighted by Gasteiger charge is -2.27. The molecular weight excluding hydrogens is 268 g/mol. The number of hydrogen-bond acceptors (Lipinski definition) is 3. The molecule has 0 aromatic heterocycles. The molecule has 5 heteroatoms. The number of nitrogens with zero attached hydrogens (tertiary/aromatic N) is 1. The Morgan fingerprint density at radius 1 is 1.50 bits per heavy atom. The Morgan fingerprint density at radius 2 is 2.17 bits per heavy atom. The molecule has 1 aliphatic heterocycles. The first-order valence-corrected chi connectivity index (χ1v) is 7.59. The SMILES string of the molecule is CSC(C)CN1C(=O)CNC1c1ccc(Cl)cc1. The van der Waals surface area contributed by atoms with Crippen LogP contribution in [0, 0.1) is 0 Å². The molecule has 1 N–H and O–H groups in total. The molecule has 1 heterocycles. The molecule has 2 atom stereocenters. The lowest BCUT2D eigenvalue weighted by atomic mass is 10.1. The van der Waals surface area contributed by atoms with E-state index in [0.717, 1.165) is 12.1 Å². The van der Waals surface area contributed by atoms with Gasteiger partial charge in [-0.3, -0.25) is 10.1 Å². The lowest BCUT2D eigenvalue weighted by molar-refractivity contribution is -0.128. The first-order valence-electron chi connectivity index (χ1n) is 5.93. The Hall–Kier alpha value is -0.710. The van der Waals surface area contributed by atoms with Crippen LogP contribution < -0.4 is 5.32 Å². The normalized spacial score (nSPS) is 21.4. The first-order chi connectivity index (χ1) is 8.61. The number of rotatable bonds is 4. The van der Waals surface area contributed by atoms with E-state index in [1.165, 1.54) is 0 Å². The molecule has 98 valence electrons. The van der Waals surface area contributed by atoms with Crippen molar-refractivity contribution in [3.05, 3.63) is 34.9 Å². The maximum Gasteiger partial charge on any atom is 0.238 e. The van der Waals surface area contributed by atoms with Crippen LogP contribution in [0.15, 0.2) is 24.3 Å². The van der Waals surface area contributed by atoms with Crippen molar-refractivity contribution in [1.29, 1.82) is 0 Å². The molecule has 3 nitrogen and oxygen atoms in total. The average Bonchev–Trinajstić information content (AvgIpc) is 2.72. The molecule has 0 saturated carbocycles. The molecule has 1 fully saturated rings. The zero-order valence-corrected chi connectivity index (χ0v) is 12.1. The van der Waals surface area contributed by atoms with Gasteiger partial charge < -0.3 is 4.90 Å². The largest absolute Gasteiger partial charge is 0.321 e. The van der Waals surface area contributed by atoms with Gasteiger partial charge in [0.15, 0.2) is 0 Å². The predicted molar refractivity (Wildman–Crippen MR) is 76.9 cm³/mol. The standard InChI is InChI=1S/C13H17ClN2OS/c1-9(18-2)8-16-12(17)7-15-13(16)10-3-5-11(14)6-4-10/h3-6,9,13,15H,7-8H2,1-2H3. The summed E-state index contributed by atoms with van der Waals surface area (Å²) in [4.78, 5) is 13.8. The second kappa shape index (κ2) is 5.95. The fraction of sp³-hybridized carbons (Fsp3) is 0.462. The van der Waals surface area contributed by atoms with Crippen molar-refractivity contribution in [2.24, 2.45) is 0 Å². The van der Waals surface area contributed by atoms with Crippen molar-refractivity contribution < 1.29 is 4.79 Å². The second-order valence-electron chi connectivity index (χ2n) is 4.43. The van der Waals surface area contributed by atoms with Gasteiger partial charge in [-0.05, 0) is 24.0 Å². The Morgan fingerprint density at radius 3 is 2.78 bits per heavy atom. The third-order valence-electron chi connectivity index (χ3n) is 3.12. The number of carbonyl (C=O) groups is 1. The molecule has 2 rings (SSSR count). The van der Waals surface area contributed by atoms with E-state index in [0.29, 0.717) is 16.8 Å². The summed E-state index contributed by atoms with van der Waals surface area (Å²) in [7, 11) is 0. The van der Waals surface area contributed by atoms with Gasteiger partial charge in [0.1, 0.15) is 6.17 Å². The van der Waals surface area contributed by atoms with E-state index < -0.39 is 0 Å². The molecule has 0 aliphatic carbocycles. The zero-order valence-electron chi connectivity index (χ0n) is 10.5. The Labute approximate surface area is 117 Å². The van der Waals surface area contributed by atoms with Crippen LogP contribution >= 0.6 is 23.4 Å². The average molecular weight is 285 g/mol. The van der Waals surface area contributed by atoms with Crippen molar-refractivity contribution in [1.82, 2.24) is 10.2 Å². The van der Waals surface area contributed by atoms with Gasteiger partial charge in [0.05, 0.1) is 6.54 Å². The van der Waals surface area contributed by atoms with Crippen LogP contribution in [-0.4, -0.2) is 35.4 Å². The number of hydrogen-bond donors (Lipinski definition) is 1. The van der Waals surface area contributed by atoms with Crippen molar-refractivity contribution >= 4 is 29.3 Å². The summed E-state index contributed by atoms with van der Waals surface area (Å²) in [5, 5.41) is 4.39. The van der Waals surface area contributed by atoms with Crippen LogP contribution in [0.3, 0.4) is 0 Å². The van der Waals surface area contributed by atoms with Crippen LogP contribution in [0.2, 0.25) is 5.02 Å². The Kier molecular flexibility index (Phi) is 4.54. The topological polar surface area (TPSA) is 32.3 Å². The van der Waals surface area contributed by atoms with Gasteiger partial charge in [0.25, 0.3) is 0 Å². The molecule has 2 unspecified atom stereocenters. The predicted octanol–water partition coefficient (Wildman–Crippen LogP) is 2.52. The monoisotopic (exact) mass is 284 g/mol. The van der Waals surface area contributed by atoms with Gasteiger partial charge in [-0.25, -0.2) is 0 Å². The van der Waals surface area contributed by atoms with Gasteiger partial charge in [-0.2, -0.15) is 11.8 Å². The van der Waals surface area contributed by atoms with Crippen LogP contribution in [0.25, 0.3) is 0 Å². The summed E-state index contributed by atoms with van der Waals surface area (Å²) in [6.07, 6.45) is 2.04. The van der Waals surface area contributed by atoms with Crippen LogP contribution in [0.4, 0.5) is 0 Å². The van der Waals surface area contributed by atoms with Crippen molar-refractivity contribution in [3.8, 4) is 0 Å². The number of halogens is 1. The van der Waals surface area contributed by atoms with E-state index in [1.807, 2.05) is 29.2 Å². The van der Waals surface area contributed by atoms with E-state index in [2.05, 4.69) is 18.5 Å². The van der Waals surface area contributed by atoms with E-state index in [9.17, 15) is 4.79 Å². The maximum atomic E-state index is 11.9. The fourth-order valence-corrected chi connectivity index (χ4v) is 2.48. The van der Waals surface area contributed by atoms with Gasteiger partial charge in [-0.15, -0.1) is 0 Å². The van der Waals surface area contributed by atoms with Gasteiger partial charge >= 0.3 is 0 Å². The minimum absolute atomic E-state index is 0.0237. The second-order valence-corrected chi connectivity index (χ2v) is 6.14. The molecular formula is C13H17ClN2OS. The highest BCUT2D eigenvalue weighted by molar-refractivity contribution is 7.99. The zero-order chi connectivity index (χ0) is 13.1. The smallest absolute Gasteiger partial charge is 0.238 e. The molecule has 0 spiro atoms. The molecule has 18 heavy (non-hydrogen) atoms. The highest BCUT2D eigenvalue weighted by Crippen LogP contribution is 2.25. The molecule has 1 aromatic carbocycles. The minimum atomic E-state index is -0.0237. The fourth-order valence-electron chi connectivity index (χ4n) is 2.04. The summed E-state index contributed by atoms with van der Waals surface area (Å²) < 4.78 is 0. The van der Waals surface area contributed by atoms with Crippen molar-refractivity contribution in [2.75, 3.05) is 19.3 Å². The number of nitrogens with one attached hydrogen (secondary N) is 1. The summed E-state index contributed by atoms with van der Waals surface area (Å²) in [5.74, 6) is 0.163. The molecule has 1 aromatic rings. The van der Waals surface area contributed by atoms with Gasteiger partial charge in [-0.1, -0.05) is 30.7 Å². The molecule has 0 radical (unpaired) electrons. The molecule has 1 aliphatic rings. The highest BCUT2D eigenvalue weighted by atomic mass is 35.5. The van der Waals surface area contributed by atoms with Crippen molar-refractivity contribution in [2.45, 2.75) is 18.3 Å². The number of benzene rings is 1. The number of amides is 1.